The van der Waals surface area contributed by atoms with Crippen LogP contribution in [0.3, 0.4) is 0 Å². The number of rotatable bonds is 10. The number of ether oxygens (including phenoxy) is 3. The lowest BCUT2D eigenvalue weighted by molar-refractivity contribution is -0.274. The SMILES string of the molecule is CC(C)O[C@@H](Cc1cccc(CNC(=O)OCc2cccc(OC(F)(F)F)c2)c1)C(=O)O. The van der Waals surface area contributed by atoms with Crippen LogP contribution in [-0.2, 0) is 33.8 Å². The summed E-state index contributed by atoms with van der Waals surface area (Å²) >= 11 is 0. The maximum absolute atomic E-state index is 12.3. The van der Waals surface area contributed by atoms with Gasteiger partial charge in [-0.05, 0) is 42.7 Å². The van der Waals surface area contributed by atoms with Crippen molar-refractivity contribution in [2.45, 2.75) is 52.0 Å². The van der Waals surface area contributed by atoms with Crippen molar-refractivity contribution in [2.75, 3.05) is 0 Å². The highest BCUT2D eigenvalue weighted by molar-refractivity contribution is 5.72. The number of carboxylic acids is 1. The van der Waals surface area contributed by atoms with Gasteiger partial charge in [0.15, 0.2) is 6.10 Å². The van der Waals surface area contributed by atoms with Crippen molar-refractivity contribution in [3.63, 3.8) is 0 Å². The summed E-state index contributed by atoms with van der Waals surface area (Å²) in [6, 6.07) is 12.1. The van der Waals surface area contributed by atoms with E-state index >= 15 is 0 Å². The van der Waals surface area contributed by atoms with Gasteiger partial charge in [0.25, 0.3) is 0 Å². The molecule has 2 rings (SSSR count). The van der Waals surface area contributed by atoms with Crippen molar-refractivity contribution in [3.05, 3.63) is 65.2 Å². The summed E-state index contributed by atoms with van der Waals surface area (Å²) in [5.41, 5.74) is 1.77. The molecule has 10 heteroatoms. The maximum atomic E-state index is 12.3. The van der Waals surface area contributed by atoms with Gasteiger partial charge in [-0.3, -0.25) is 0 Å². The largest absolute Gasteiger partial charge is 0.573 e. The predicted octanol–water partition coefficient (Wildman–Crippen LogP) is 4.43. The van der Waals surface area contributed by atoms with Crippen molar-refractivity contribution < 1.29 is 42.1 Å². The Morgan fingerprint density at radius 3 is 2.34 bits per heavy atom. The van der Waals surface area contributed by atoms with Gasteiger partial charge in [0, 0.05) is 13.0 Å². The molecular weight excluding hydrogens is 431 g/mol. The van der Waals surface area contributed by atoms with E-state index in [4.69, 9.17) is 9.47 Å². The molecule has 2 N–H and O–H groups in total. The molecule has 0 heterocycles. The fourth-order valence-corrected chi connectivity index (χ4v) is 2.81. The Hall–Kier alpha value is -3.27. The second-order valence-electron chi connectivity index (χ2n) is 7.16. The number of alkyl carbamates (subject to hydrolysis) is 1. The number of alkyl halides is 3. The number of amides is 1. The molecule has 0 aliphatic carbocycles. The van der Waals surface area contributed by atoms with Crippen molar-refractivity contribution in [3.8, 4) is 5.75 Å². The van der Waals surface area contributed by atoms with E-state index in [-0.39, 0.29) is 25.7 Å². The summed E-state index contributed by atoms with van der Waals surface area (Å²) in [5, 5.41) is 11.8. The molecule has 0 fully saturated rings. The quantitative estimate of drug-likeness (QED) is 0.551. The van der Waals surface area contributed by atoms with Crippen LogP contribution in [0.25, 0.3) is 0 Å². The van der Waals surface area contributed by atoms with Gasteiger partial charge in [-0.1, -0.05) is 36.4 Å². The highest BCUT2D eigenvalue weighted by atomic mass is 19.4. The van der Waals surface area contributed by atoms with Crippen LogP contribution < -0.4 is 10.1 Å². The number of hydrogen-bond acceptors (Lipinski definition) is 5. The Kier molecular flexibility index (Phi) is 8.89. The van der Waals surface area contributed by atoms with E-state index in [0.29, 0.717) is 11.1 Å². The molecule has 0 aromatic heterocycles. The zero-order valence-electron chi connectivity index (χ0n) is 17.5. The predicted molar refractivity (Wildman–Crippen MR) is 108 cm³/mol. The highest BCUT2D eigenvalue weighted by Gasteiger charge is 2.31. The lowest BCUT2D eigenvalue weighted by atomic mass is 10.0. The third-order valence-corrected chi connectivity index (χ3v) is 4.06. The van der Waals surface area contributed by atoms with E-state index in [1.165, 1.54) is 12.1 Å². The average molecular weight is 455 g/mol. The fraction of sp³-hybridized carbons (Fsp3) is 0.364. The average Bonchev–Trinajstić information content (AvgIpc) is 2.69. The van der Waals surface area contributed by atoms with Gasteiger partial charge in [0.2, 0.25) is 0 Å². The van der Waals surface area contributed by atoms with Crippen LogP contribution in [0.1, 0.15) is 30.5 Å². The van der Waals surface area contributed by atoms with Crippen LogP contribution >= 0.6 is 0 Å². The van der Waals surface area contributed by atoms with Crippen LogP contribution in [0.5, 0.6) is 5.75 Å². The molecule has 0 spiro atoms. The number of carbonyl (C=O) groups is 2. The standard InChI is InChI=1S/C22H24F3NO6/c1-14(2)31-19(20(27)28)11-15-5-3-6-16(9-15)12-26-21(29)30-13-17-7-4-8-18(10-17)32-22(23,24)25/h3-10,14,19H,11-13H2,1-2H3,(H,26,29)(H,27,28)/t19-/m0/s1. The number of carbonyl (C=O) groups excluding carboxylic acids is 1. The first-order chi connectivity index (χ1) is 15.0. The molecule has 0 saturated heterocycles. The third-order valence-electron chi connectivity index (χ3n) is 4.06. The summed E-state index contributed by atoms with van der Waals surface area (Å²) in [7, 11) is 0. The van der Waals surface area contributed by atoms with E-state index in [1.54, 1.807) is 38.1 Å². The minimum Gasteiger partial charge on any atom is -0.479 e. The number of halogens is 3. The summed E-state index contributed by atoms with van der Waals surface area (Å²) in [5.74, 6) is -1.47. The molecule has 1 atom stereocenters. The minimum atomic E-state index is -4.81. The fourth-order valence-electron chi connectivity index (χ4n) is 2.81. The number of carboxylic acid groups (broad SMARTS) is 1. The summed E-state index contributed by atoms with van der Waals surface area (Å²) < 4.78 is 51.1. The first kappa shape index (κ1) is 25.0. The van der Waals surface area contributed by atoms with Gasteiger partial charge in [0.05, 0.1) is 6.10 Å². The molecule has 0 unspecified atom stereocenters. The summed E-state index contributed by atoms with van der Waals surface area (Å²) in [4.78, 5) is 23.3. The number of hydrogen-bond donors (Lipinski definition) is 2. The van der Waals surface area contributed by atoms with Gasteiger partial charge in [-0.15, -0.1) is 13.2 Å². The van der Waals surface area contributed by atoms with Crippen molar-refractivity contribution >= 4 is 12.1 Å². The molecule has 0 aliphatic heterocycles. The van der Waals surface area contributed by atoms with Gasteiger partial charge >= 0.3 is 18.4 Å². The molecule has 0 saturated carbocycles. The zero-order chi connectivity index (χ0) is 23.7. The topological polar surface area (TPSA) is 94.1 Å². The van der Waals surface area contributed by atoms with E-state index < -0.39 is 30.3 Å². The van der Waals surface area contributed by atoms with Gasteiger partial charge in [-0.25, -0.2) is 9.59 Å². The lowest BCUT2D eigenvalue weighted by Gasteiger charge is -2.17. The molecule has 0 bridgehead atoms. The van der Waals surface area contributed by atoms with Crippen molar-refractivity contribution in [1.29, 1.82) is 0 Å². The zero-order valence-corrected chi connectivity index (χ0v) is 17.5. The molecule has 174 valence electrons. The van der Waals surface area contributed by atoms with Gasteiger partial charge in [0.1, 0.15) is 12.4 Å². The van der Waals surface area contributed by atoms with E-state index in [1.807, 2.05) is 0 Å². The van der Waals surface area contributed by atoms with E-state index in [2.05, 4.69) is 10.1 Å². The Balaban J connectivity index is 1.86. The van der Waals surface area contributed by atoms with E-state index in [9.17, 15) is 27.9 Å². The van der Waals surface area contributed by atoms with Crippen LogP contribution in [0.15, 0.2) is 48.5 Å². The van der Waals surface area contributed by atoms with E-state index in [0.717, 1.165) is 17.7 Å². The van der Waals surface area contributed by atoms with Crippen LogP contribution in [0.4, 0.5) is 18.0 Å². The Bertz CT molecular complexity index is 917. The highest BCUT2D eigenvalue weighted by Crippen LogP contribution is 2.23. The first-order valence-corrected chi connectivity index (χ1v) is 9.73. The van der Waals surface area contributed by atoms with Crippen LogP contribution in [0.2, 0.25) is 0 Å². The normalized spacial score (nSPS) is 12.3. The Labute approximate surface area is 183 Å². The summed E-state index contributed by atoms with van der Waals surface area (Å²) in [6.45, 7) is 3.38. The van der Waals surface area contributed by atoms with Crippen LogP contribution in [0, 0.1) is 0 Å². The van der Waals surface area contributed by atoms with Gasteiger partial charge in [-0.2, -0.15) is 0 Å². The summed E-state index contributed by atoms with van der Waals surface area (Å²) in [6.07, 6.45) is -6.63. The molecule has 0 aliphatic rings. The number of benzene rings is 2. The monoisotopic (exact) mass is 455 g/mol. The first-order valence-electron chi connectivity index (χ1n) is 9.73. The second kappa shape index (κ2) is 11.4. The maximum Gasteiger partial charge on any atom is 0.573 e. The number of aliphatic carboxylic acids is 1. The lowest BCUT2D eigenvalue weighted by Crippen LogP contribution is -2.29. The van der Waals surface area contributed by atoms with Crippen LogP contribution in [-0.4, -0.2) is 35.7 Å². The molecule has 2 aromatic carbocycles. The Morgan fingerprint density at radius 2 is 1.69 bits per heavy atom. The smallest absolute Gasteiger partial charge is 0.479 e. The van der Waals surface area contributed by atoms with Gasteiger partial charge < -0.3 is 24.6 Å². The molecule has 0 radical (unpaired) electrons. The molecule has 1 amide bonds. The molecule has 2 aromatic rings. The minimum absolute atomic E-state index is 0.118. The second-order valence-corrected chi connectivity index (χ2v) is 7.16. The Morgan fingerprint density at radius 1 is 1.03 bits per heavy atom. The number of nitrogens with one attached hydrogen (secondary N) is 1. The molecular formula is C22H24F3NO6. The third kappa shape index (κ3) is 9.25. The van der Waals surface area contributed by atoms with Crippen molar-refractivity contribution in [2.24, 2.45) is 0 Å². The molecule has 7 nitrogen and oxygen atoms in total. The van der Waals surface area contributed by atoms with Crippen molar-refractivity contribution in [1.82, 2.24) is 5.32 Å². The molecule has 32 heavy (non-hydrogen) atoms.